The lowest BCUT2D eigenvalue weighted by atomic mass is 9.70. The van der Waals surface area contributed by atoms with Crippen molar-refractivity contribution in [2.45, 2.75) is 69.6 Å². The smallest absolute Gasteiger partial charge is 0.194 e. The third-order valence-corrected chi connectivity index (χ3v) is 32.4. The maximum atomic E-state index is 11.9. The molecule has 2 heteroatoms. The molecule has 700 valence electrons. The van der Waals surface area contributed by atoms with E-state index in [2.05, 4.69) is 455 Å². The van der Waals surface area contributed by atoms with Crippen molar-refractivity contribution < 1.29 is 9.21 Å². The molecule has 0 aliphatic heterocycles. The largest absolute Gasteiger partial charge is 0.464 e. The molecule has 0 radical (unpaired) electrons. The number of aryl methyl sites for hydroxylation is 2. The molecular formula is C146H104O2. The highest BCUT2D eigenvalue weighted by Crippen LogP contribution is 2.63. The second-order valence-electron chi connectivity index (χ2n) is 40.5. The van der Waals surface area contributed by atoms with E-state index in [-0.39, 0.29) is 11.2 Å². The number of furan rings is 1. The van der Waals surface area contributed by atoms with E-state index in [1.54, 1.807) is 11.8 Å². The highest BCUT2D eigenvalue weighted by molar-refractivity contribution is 6.21. The average Bonchev–Trinajstić information content (AvgIpc) is 1.51. The third kappa shape index (κ3) is 15.6. The summed E-state index contributed by atoms with van der Waals surface area (Å²) in [6.45, 7) is 0. The molecule has 23 aromatic rings. The van der Waals surface area contributed by atoms with E-state index in [9.17, 15) is 4.79 Å². The maximum Gasteiger partial charge on any atom is 0.194 e. The molecule has 0 unspecified atom stereocenters. The van der Waals surface area contributed by atoms with E-state index in [4.69, 9.17) is 4.42 Å². The van der Waals surface area contributed by atoms with E-state index >= 15 is 0 Å². The van der Waals surface area contributed by atoms with E-state index in [0.29, 0.717) is 0 Å². The summed E-state index contributed by atoms with van der Waals surface area (Å²) in [6.07, 6.45) is 17.4. The standard InChI is InChI=1S/C25H16.C21H14.C20H14.C17H12.C14H12.C13H8O.C13H10.C12H10.C11H8O/c1-5-13-21-17(9-1)18-10-2-6-14-22(18)25(21)23-15-7-3-11-19(23)20-12-4-8-16-24(20)25;1-3-7-18-14(5-1)9-11-16-13-17-12-10-15-6-2-4-8-19(15)21(17)20(16)18;1-3-7-17-13(5-1)9-15-11-20-16(12-19(15)17)10-14-6-2-4-8-18(14)20;1-3-7-15-12(5-1)9-10-14-11-13-6-2-4-8-16(13)17(14)15;1-3-7-13-11(5-1)9-10-12-6-2-4-8-14(12)13;14-13-11-7-3-1-5-9(11)10-6-2-4-8-12(10)13;1-3-7-12-10(5-1)9-11-6-2-4-8-13(11)12;1-2-6-11-9(4-1)8-10-5-3-7-12(10)11;1-2-4-10-8(3-1)7-9-5-6-12-11(9)10/h1-16H;1-12H,13H2;1-8,11-12H,9-10H2;1-10H,11H2;1-8H,9-10H2;1-8H;1-8H,9H2;1-6H,7-8H2;1-6H,7H2. The van der Waals surface area contributed by atoms with Gasteiger partial charge in [-0.15, -0.1) is 0 Å². The minimum atomic E-state index is -0.180. The summed E-state index contributed by atoms with van der Waals surface area (Å²) in [5.74, 6) is 1.21. The molecule has 0 saturated heterocycles. The normalized spacial score (nSPS) is 13.6. The first-order chi connectivity index (χ1) is 73.3. The Morgan fingerprint density at radius 3 is 0.892 bits per heavy atom. The van der Waals surface area contributed by atoms with Crippen molar-refractivity contribution in [3.8, 4) is 111 Å². The Kier molecular flexibility index (Phi) is 22.8. The minimum absolute atomic E-state index is 0.149. The second-order valence-corrected chi connectivity index (χ2v) is 40.5. The highest BCUT2D eigenvalue weighted by atomic mass is 16.3. The molecule has 0 saturated carbocycles. The Morgan fingerprint density at radius 2 is 0.466 bits per heavy atom. The first-order valence-corrected chi connectivity index (χ1v) is 52.3. The lowest BCUT2D eigenvalue weighted by molar-refractivity contribution is 0.104. The van der Waals surface area contributed by atoms with Crippen molar-refractivity contribution in [3.05, 3.63) is 638 Å². The van der Waals surface area contributed by atoms with Crippen molar-refractivity contribution >= 4 is 43.7 Å². The predicted octanol–water partition coefficient (Wildman–Crippen LogP) is 36.2. The van der Waals surface area contributed by atoms with Crippen LogP contribution in [0.3, 0.4) is 0 Å². The quantitative estimate of drug-likeness (QED) is 0.151. The molecule has 22 aromatic carbocycles. The molecule has 12 aliphatic carbocycles. The number of hydrogen-bond donors (Lipinski definition) is 0. The van der Waals surface area contributed by atoms with E-state index < -0.39 is 0 Å². The summed E-state index contributed by atoms with van der Waals surface area (Å²) in [5.41, 5.74) is 59.6. The van der Waals surface area contributed by atoms with Gasteiger partial charge < -0.3 is 4.42 Å². The van der Waals surface area contributed by atoms with Crippen LogP contribution in [-0.2, 0) is 63.2 Å². The Morgan fingerprint density at radius 1 is 0.189 bits per heavy atom. The topological polar surface area (TPSA) is 30.2 Å². The molecule has 1 heterocycles. The van der Waals surface area contributed by atoms with Gasteiger partial charge in [0.1, 0.15) is 5.76 Å². The van der Waals surface area contributed by atoms with Crippen LogP contribution in [0.4, 0.5) is 0 Å². The number of ketones is 1. The summed E-state index contributed by atoms with van der Waals surface area (Å²) < 4.78 is 5.40. The number of carbonyl (C=O) groups is 1. The van der Waals surface area contributed by atoms with Crippen molar-refractivity contribution in [1.82, 2.24) is 0 Å². The van der Waals surface area contributed by atoms with Crippen molar-refractivity contribution in [2.75, 3.05) is 0 Å². The molecular weight excluding hydrogens is 1790 g/mol. The van der Waals surface area contributed by atoms with Crippen LogP contribution in [0.1, 0.15) is 134 Å². The van der Waals surface area contributed by atoms with Gasteiger partial charge in [-0.1, -0.05) is 485 Å². The van der Waals surface area contributed by atoms with Gasteiger partial charge in [-0.2, -0.15) is 0 Å². The van der Waals surface area contributed by atoms with Gasteiger partial charge in [0, 0.05) is 28.7 Å². The molecule has 12 aliphatic rings. The SMILES string of the molecule is C1=CC2=C(C1)c1ccccc1C2.O=C1c2ccccc2-c2ccccc21.c1ccc2c(c1)-c1ccccc1C21c2ccccc2-c2ccccc21.c1ccc2c(c1)CCc1ccccc1-2.c1ccc2c(c1)Cc1cc3c(cc1-2)Cc1ccccc1-3.c1ccc2c(c1)Cc1ccc3ccccc3c1-2.c1ccc2c(c1)Cc1ccccc1-2.c1ccc2c(c1)Cc1ccoc1-2.c1ccc2c3c(ccc2c1)Cc1ccc2ccccc2c1-3. The first kappa shape index (κ1) is 88.9. The van der Waals surface area contributed by atoms with Crippen LogP contribution < -0.4 is 0 Å². The average molecular weight is 1890 g/mol. The number of benzene rings is 22. The number of allylic oxidation sites excluding steroid dienone is 4. The Balaban J connectivity index is 0.0000000831. The molecule has 0 bridgehead atoms. The van der Waals surface area contributed by atoms with E-state index in [0.717, 1.165) is 79.4 Å². The van der Waals surface area contributed by atoms with Crippen LogP contribution >= 0.6 is 0 Å². The summed E-state index contributed by atoms with van der Waals surface area (Å²) in [6, 6.07) is 176. The molecule has 0 fully saturated rings. The fourth-order valence-electron chi connectivity index (χ4n) is 25.8. The molecule has 2 nitrogen and oxygen atoms in total. The van der Waals surface area contributed by atoms with Gasteiger partial charge in [0.15, 0.2) is 5.78 Å². The second kappa shape index (κ2) is 38.0. The van der Waals surface area contributed by atoms with Crippen molar-refractivity contribution in [1.29, 1.82) is 0 Å². The molecule has 0 N–H and O–H groups in total. The number of rotatable bonds is 0. The number of carbonyl (C=O) groups excluding carboxylic acids is 1. The summed E-state index contributed by atoms with van der Waals surface area (Å²) in [4.78, 5) is 11.9. The fourth-order valence-corrected chi connectivity index (χ4v) is 25.8. The summed E-state index contributed by atoms with van der Waals surface area (Å²) >= 11 is 0. The molecule has 0 amide bonds. The van der Waals surface area contributed by atoms with Crippen LogP contribution in [0.25, 0.3) is 149 Å². The number of hydrogen-bond acceptors (Lipinski definition) is 2. The fraction of sp³-hybridized carbons (Fsp3) is 0.0753. The molecule has 0 atom stereocenters. The van der Waals surface area contributed by atoms with Crippen LogP contribution in [0.5, 0.6) is 0 Å². The lowest BCUT2D eigenvalue weighted by Gasteiger charge is -2.30. The third-order valence-electron chi connectivity index (χ3n) is 32.4. The van der Waals surface area contributed by atoms with Crippen LogP contribution in [0, 0.1) is 0 Å². The van der Waals surface area contributed by atoms with Gasteiger partial charge >= 0.3 is 0 Å². The van der Waals surface area contributed by atoms with Crippen LogP contribution in [0.2, 0.25) is 0 Å². The zero-order chi connectivity index (χ0) is 98.1. The Labute approximate surface area is 865 Å². The Bertz CT molecular complexity index is 8860. The maximum absolute atomic E-state index is 11.9. The monoisotopic (exact) mass is 1890 g/mol. The first-order valence-electron chi connectivity index (χ1n) is 52.3. The van der Waals surface area contributed by atoms with Gasteiger partial charge in [-0.25, -0.2) is 0 Å². The van der Waals surface area contributed by atoms with Crippen LogP contribution in [0.15, 0.2) is 520 Å². The van der Waals surface area contributed by atoms with Crippen LogP contribution in [-0.4, -0.2) is 5.78 Å². The minimum Gasteiger partial charge on any atom is -0.464 e. The van der Waals surface area contributed by atoms with Gasteiger partial charge in [0.25, 0.3) is 0 Å². The van der Waals surface area contributed by atoms with Gasteiger partial charge in [-0.3, -0.25) is 4.79 Å². The van der Waals surface area contributed by atoms with E-state index in [1.807, 2.05) is 48.5 Å². The molecule has 1 spiro atoms. The summed E-state index contributed by atoms with van der Waals surface area (Å²) in [7, 11) is 0. The van der Waals surface area contributed by atoms with Gasteiger partial charge in [0.2, 0.25) is 0 Å². The van der Waals surface area contributed by atoms with Crippen molar-refractivity contribution in [3.63, 3.8) is 0 Å². The molecule has 148 heavy (non-hydrogen) atoms. The molecule has 35 rings (SSSR count). The van der Waals surface area contributed by atoms with Gasteiger partial charge in [0.05, 0.1) is 11.7 Å². The predicted molar refractivity (Wildman–Crippen MR) is 615 cm³/mol. The lowest BCUT2D eigenvalue weighted by Crippen LogP contribution is -2.25. The zero-order valence-corrected chi connectivity index (χ0v) is 82.4. The number of fused-ring (bicyclic) bond motifs is 42. The molecule has 1 aromatic heterocycles. The Hall–Kier alpha value is -18.0. The van der Waals surface area contributed by atoms with Crippen molar-refractivity contribution in [2.24, 2.45) is 0 Å². The zero-order valence-electron chi connectivity index (χ0n) is 82.4. The van der Waals surface area contributed by atoms with E-state index in [1.165, 1.54) is 257 Å². The summed E-state index contributed by atoms with van der Waals surface area (Å²) in [5, 5.41) is 8.14. The highest BCUT2D eigenvalue weighted by Gasteiger charge is 2.51. The van der Waals surface area contributed by atoms with Gasteiger partial charge in [-0.05, 0) is 325 Å².